The molecule has 0 aliphatic rings. The number of carbonyl (C=O) groups excluding carboxylic acids is 1. The predicted molar refractivity (Wildman–Crippen MR) is 71.0 cm³/mol. The molecule has 0 fully saturated rings. The summed E-state index contributed by atoms with van der Waals surface area (Å²) >= 11 is 5.92. The van der Waals surface area contributed by atoms with Crippen molar-refractivity contribution < 1.29 is 17.9 Å². The number of sulfone groups is 1. The van der Waals surface area contributed by atoms with Crippen molar-refractivity contribution in [2.24, 2.45) is 0 Å². The number of hydrogen-bond acceptors (Lipinski definition) is 4. The summed E-state index contributed by atoms with van der Waals surface area (Å²) in [6.07, 6.45) is 0. The summed E-state index contributed by atoms with van der Waals surface area (Å²) in [5.74, 6) is -0.232. The molecule has 0 heterocycles. The minimum atomic E-state index is -3.68. The fraction of sp³-hybridized carbons (Fsp3) is 0.417. The van der Waals surface area contributed by atoms with Gasteiger partial charge in [0.05, 0.1) is 7.11 Å². The molecular formula is C12H15ClO4S. The minimum absolute atomic E-state index is 0.186. The zero-order chi connectivity index (χ0) is 14.0. The molecule has 18 heavy (non-hydrogen) atoms. The van der Waals surface area contributed by atoms with E-state index in [0.717, 1.165) is 0 Å². The van der Waals surface area contributed by atoms with E-state index in [1.54, 1.807) is 12.1 Å². The lowest BCUT2D eigenvalue weighted by atomic mass is 10.1. The fourth-order valence-corrected chi connectivity index (χ4v) is 2.79. The molecule has 0 spiro atoms. The number of ketones is 1. The van der Waals surface area contributed by atoms with Crippen LogP contribution in [0.4, 0.5) is 0 Å². The van der Waals surface area contributed by atoms with Gasteiger partial charge in [-0.15, -0.1) is 0 Å². The van der Waals surface area contributed by atoms with Gasteiger partial charge in [-0.3, -0.25) is 4.79 Å². The van der Waals surface area contributed by atoms with E-state index in [-0.39, 0.29) is 11.3 Å². The molecule has 1 aromatic carbocycles. The molecule has 100 valence electrons. The highest BCUT2D eigenvalue weighted by Crippen LogP contribution is 2.28. The number of carbonyl (C=O) groups is 1. The molecule has 0 N–H and O–H groups in total. The highest BCUT2D eigenvalue weighted by molar-refractivity contribution is 7.95. The summed E-state index contributed by atoms with van der Waals surface area (Å²) < 4.78 is 26.6. The van der Waals surface area contributed by atoms with Crippen molar-refractivity contribution in [3.8, 4) is 5.75 Å². The fourth-order valence-electron chi connectivity index (χ4n) is 1.41. The first kappa shape index (κ1) is 15.0. The van der Waals surface area contributed by atoms with E-state index in [2.05, 4.69) is 0 Å². The van der Waals surface area contributed by atoms with Gasteiger partial charge in [0.15, 0.2) is 15.6 Å². The number of benzene rings is 1. The van der Waals surface area contributed by atoms with Crippen LogP contribution in [0.25, 0.3) is 0 Å². The van der Waals surface area contributed by atoms with Crippen molar-refractivity contribution in [2.45, 2.75) is 18.1 Å². The average molecular weight is 291 g/mol. The molecule has 0 radical (unpaired) electrons. The largest absolute Gasteiger partial charge is 0.497 e. The molecule has 0 saturated heterocycles. The van der Waals surface area contributed by atoms with Crippen molar-refractivity contribution in [3.63, 3.8) is 0 Å². The molecule has 0 aliphatic carbocycles. The number of ether oxygens (including phenoxy) is 1. The normalized spacial score (nSPS) is 14.9. The van der Waals surface area contributed by atoms with Crippen LogP contribution in [0.15, 0.2) is 24.3 Å². The van der Waals surface area contributed by atoms with Crippen LogP contribution in [0.5, 0.6) is 5.75 Å². The van der Waals surface area contributed by atoms with E-state index in [1.165, 1.54) is 33.1 Å². The first-order chi connectivity index (χ1) is 8.26. The van der Waals surface area contributed by atoms with Crippen LogP contribution in [-0.4, -0.2) is 31.3 Å². The third-order valence-corrected chi connectivity index (χ3v) is 5.71. The zero-order valence-corrected chi connectivity index (χ0v) is 12.0. The highest BCUT2D eigenvalue weighted by atomic mass is 35.5. The summed E-state index contributed by atoms with van der Waals surface area (Å²) in [6.45, 7) is 2.66. The Kier molecular flexibility index (Phi) is 4.40. The van der Waals surface area contributed by atoms with Gasteiger partial charge in [-0.2, -0.15) is 0 Å². The van der Waals surface area contributed by atoms with E-state index in [9.17, 15) is 13.2 Å². The molecule has 1 unspecified atom stereocenters. The molecular weight excluding hydrogens is 276 g/mol. The van der Waals surface area contributed by atoms with Crippen LogP contribution >= 0.6 is 11.6 Å². The molecule has 0 saturated carbocycles. The Hall–Kier alpha value is -1.07. The molecule has 0 bridgehead atoms. The van der Waals surface area contributed by atoms with Crippen molar-refractivity contribution in [2.75, 3.05) is 12.9 Å². The van der Waals surface area contributed by atoms with Crippen LogP contribution in [-0.2, 0) is 9.84 Å². The molecule has 1 atom stereocenters. The minimum Gasteiger partial charge on any atom is -0.497 e. The Morgan fingerprint density at radius 3 is 2.22 bits per heavy atom. The molecule has 1 aromatic rings. The molecule has 0 aliphatic heterocycles. The van der Waals surface area contributed by atoms with E-state index in [4.69, 9.17) is 16.3 Å². The Bertz CT molecular complexity index is 532. The van der Waals surface area contributed by atoms with Crippen LogP contribution < -0.4 is 4.74 Å². The smallest absolute Gasteiger partial charge is 0.205 e. The number of Topliss-reactive ketones (excluding diaryl/α,β-unsaturated/α-hetero) is 1. The standard InChI is InChI=1S/C12H15ClO4S/c1-4-18(15,16)12(2,13)11(14)9-5-7-10(17-3)8-6-9/h5-8H,4H2,1-3H3. The lowest BCUT2D eigenvalue weighted by Gasteiger charge is -2.20. The van der Waals surface area contributed by atoms with Gasteiger partial charge in [-0.1, -0.05) is 18.5 Å². The lowest BCUT2D eigenvalue weighted by Crippen LogP contribution is -2.39. The first-order valence-corrected chi connectivity index (χ1v) is 7.39. The van der Waals surface area contributed by atoms with Crippen molar-refractivity contribution in [1.82, 2.24) is 0 Å². The SMILES string of the molecule is CCS(=O)(=O)C(C)(Cl)C(=O)c1ccc(OC)cc1. The first-order valence-electron chi connectivity index (χ1n) is 5.36. The van der Waals surface area contributed by atoms with Crippen molar-refractivity contribution >= 4 is 27.2 Å². The van der Waals surface area contributed by atoms with E-state index in [0.29, 0.717) is 5.75 Å². The maximum Gasteiger partial charge on any atom is 0.205 e. The summed E-state index contributed by atoms with van der Waals surface area (Å²) in [6, 6.07) is 6.15. The van der Waals surface area contributed by atoms with Crippen LogP contribution in [0.3, 0.4) is 0 Å². The Labute approximate surface area is 112 Å². The van der Waals surface area contributed by atoms with E-state index in [1.807, 2.05) is 0 Å². The van der Waals surface area contributed by atoms with Crippen LogP contribution in [0.1, 0.15) is 24.2 Å². The molecule has 6 heteroatoms. The van der Waals surface area contributed by atoms with Gasteiger partial charge in [0.2, 0.25) is 4.21 Å². The second kappa shape index (κ2) is 5.28. The maximum absolute atomic E-state index is 12.1. The second-order valence-corrected chi connectivity index (χ2v) is 7.48. The average Bonchev–Trinajstić information content (AvgIpc) is 2.37. The monoisotopic (exact) mass is 290 g/mol. The lowest BCUT2D eigenvalue weighted by molar-refractivity contribution is 0.0978. The number of halogens is 1. The van der Waals surface area contributed by atoms with Gasteiger partial charge in [0, 0.05) is 11.3 Å². The van der Waals surface area contributed by atoms with Gasteiger partial charge in [-0.25, -0.2) is 8.42 Å². The van der Waals surface area contributed by atoms with Gasteiger partial charge in [-0.05, 0) is 31.2 Å². The Balaban J connectivity index is 3.14. The topological polar surface area (TPSA) is 60.4 Å². The summed E-state index contributed by atoms with van der Waals surface area (Å²) in [7, 11) is -2.17. The van der Waals surface area contributed by atoms with Gasteiger partial charge >= 0.3 is 0 Å². The maximum atomic E-state index is 12.1. The second-order valence-electron chi connectivity index (χ2n) is 3.88. The molecule has 1 rings (SSSR count). The Morgan fingerprint density at radius 1 is 1.33 bits per heavy atom. The summed E-state index contributed by atoms with van der Waals surface area (Å²) in [5.41, 5.74) is 0.241. The van der Waals surface area contributed by atoms with Crippen molar-refractivity contribution in [3.05, 3.63) is 29.8 Å². The summed E-state index contributed by atoms with van der Waals surface area (Å²) in [4.78, 5) is 12.1. The Morgan fingerprint density at radius 2 is 1.83 bits per heavy atom. The number of alkyl halides is 1. The zero-order valence-electron chi connectivity index (χ0n) is 10.4. The third-order valence-electron chi connectivity index (χ3n) is 2.72. The van der Waals surface area contributed by atoms with Gasteiger partial charge in [0.25, 0.3) is 0 Å². The summed E-state index contributed by atoms with van der Waals surface area (Å²) in [5, 5.41) is 0. The predicted octanol–water partition coefficient (Wildman–Crippen LogP) is 2.27. The molecule has 0 amide bonds. The van der Waals surface area contributed by atoms with Crippen molar-refractivity contribution in [1.29, 1.82) is 0 Å². The third kappa shape index (κ3) is 2.67. The number of rotatable bonds is 5. The van der Waals surface area contributed by atoms with Gasteiger partial charge in [0.1, 0.15) is 5.75 Å². The van der Waals surface area contributed by atoms with Gasteiger partial charge < -0.3 is 4.74 Å². The van der Waals surface area contributed by atoms with E-state index < -0.39 is 19.8 Å². The highest BCUT2D eigenvalue weighted by Gasteiger charge is 2.43. The quantitative estimate of drug-likeness (QED) is 0.616. The van der Waals surface area contributed by atoms with Crippen LogP contribution in [0, 0.1) is 0 Å². The van der Waals surface area contributed by atoms with E-state index >= 15 is 0 Å². The number of methoxy groups -OCH3 is 1. The van der Waals surface area contributed by atoms with Crippen LogP contribution in [0.2, 0.25) is 0 Å². The number of hydrogen-bond donors (Lipinski definition) is 0. The molecule has 4 nitrogen and oxygen atoms in total. The molecule has 0 aromatic heterocycles.